The van der Waals surface area contributed by atoms with E-state index in [0.717, 1.165) is 0 Å². The van der Waals surface area contributed by atoms with Gasteiger partial charge in [0.25, 0.3) is 0 Å². The van der Waals surface area contributed by atoms with Crippen molar-refractivity contribution >= 4 is 0 Å². The standard InChI is InChI=1S/2Cr.Fe.2H2O.2O/h;;;2*1H2;;/q;+2;;;;;/p-2. The van der Waals surface area contributed by atoms with Crippen molar-refractivity contribution in [2.24, 2.45) is 0 Å². The molecule has 0 aliphatic heterocycles. The van der Waals surface area contributed by atoms with Crippen molar-refractivity contribution in [1.82, 2.24) is 0 Å². The zero-order valence-corrected chi connectivity index (χ0v) is 6.54. The van der Waals surface area contributed by atoms with Crippen molar-refractivity contribution in [3.05, 3.63) is 0 Å². The minimum absolute atomic E-state index is 0. The first kappa shape index (κ1) is 15.7. The monoisotopic (exact) mass is 226 g/mol. The van der Waals surface area contributed by atoms with Gasteiger partial charge in [-0.2, -0.15) is 0 Å². The summed E-state index contributed by atoms with van der Waals surface area (Å²) in [6, 6.07) is 0. The molecule has 7 heteroatoms. The van der Waals surface area contributed by atoms with Gasteiger partial charge in [-0.05, 0) is 0 Å². The van der Waals surface area contributed by atoms with E-state index in [9.17, 15) is 0 Å². The van der Waals surface area contributed by atoms with Gasteiger partial charge in [-0.3, -0.25) is 0 Å². The van der Waals surface area contributed by atoms with E-state index in [1.807, 2.05) is 0 Å². The summed E-state index contributed by atoms with van der Waals surface area (Å²) in [5.74, 6) is 0. The van der Waals surface area contributed by atoms with Crippen LogP contribution in [0.5, 0.6) is 0 Å². The molecule has 0 aliphatic carbocycles. The number of rotatable bonds is 0. The van der Waals surface area contributed by atoms with Gasteiger partial charge < -0.3 is 0 Å². The van der Waals surface area contributed by atoms with Gasteiger partial charge in [0.15, 0.2) is 0 Å². The molecule has 0 unspecified atom stereocenters. The van der Waals surface area contributed by atoms with E-state index >= 15 is 0 Å². The molecule has 0 saturated carbocycles. The Labute approximate surface area is 63.9 Å². The van der Waals surface area contributed by atoms with Crippen molar-refractivity contribution in [1.29, 1.82) is 0 Å². The summed E-state index contributed by atoms with van der Waals surface area (Å²) in [6.07, 6.45) is 0. The van der Waals surface area contributed by atoms with Crippen LogP contribution in [-0.4, -0.2) is 8.32 Å². The van der Waals surface area contributed by atoms with Crippen molar-refractivity contribution in [3.8, 4) is 0 Å². The quantitative estimate of drug-likeness (QED) is 0.500. The van der Waals surface area contributed by atoms with Gasteiger partial charge in [-0.15, -0.1) is 0 Å². The molecule has 0 aromatic carbocycles. The molecule has 0 saturated heterocycles. The summed E-state index contributed by atoms with van der Waals surface area (Å²) in [5, 5.41) is 0. The fourth-order valence-electron chi connectivity index (χ4n) is 0. The Balaban J connectivity index is -0.0000000800. The summed E-state index contributed by atoms with van der Waals surface area (Å²) >= 11 is -5.25. The predicted molar refractivity (Wildman–Crippen MR) is 5.81 cm³/mol. The Kier molecular flexibility index (Phi) is 11.8. The van der Waals surface area contributed by atoms with Crippen LogP contribution < -0.4 is 0 Å². The van der Waals surface area contributed by atoms with E-state index < -0.39 is 13.6 Å². The van der Waals surface area contributed by atoms with Gasteiger partial charge in [0.05, 0.1) is 0 Å². The summed E-state index contributed by atoms with van der Waals surface area (Å²) in [6.45, 7) is 0. The van der Waals surface area contributed by atoms with Gasteiger partial charge in [0, 0.05) is 34.4 Å². The molecule has 0 atom stereocenters. The van der Waals surface area contributed by atoms with E-state index in [4.69, 9.17) is 15.9 Å². The van der Waals surface area contributed by atoms with Crippen LogP contribution in [0.25, 0.3) is 0 Å². The van der Waals surface area contributed by atoms with E-state index in [1.54, 1.807) is 0 Å². The van der Waals surface area contributed by atoms with Crippen molar-refractivity contribution in [3.63, 3.8) is 0 Å². The van der Waals surface area contributed by atoms with E-state index in [2.05, 4.69) is 0 Å². The average molecular weight is 226 g/mol. The Morgan fingerprint density at radius 1 is 1.14 bits per heavy atom. The molecular weight excluding hydrogens is 224 g/mol. The van der Waals surface area contributed by atoms with E-state index in [0.29, 0.717) is 0 Å². The summed E-state index contributed by atoms with van der Waals surface area (Å²) < 4.78 is 31.9. The van der Waals surface area contributed by atoms with Gasteiger partial charge in [0.2, 0.25) is 0 Å². The molecule has 0 radical (unpaired) electrons. The van der Waals surface area contributed by atoms with Crippen molar-refractivity contribution in [2.75, 3.05) is 0 Å². The van der Waals surface area contributed by atoms with Crippen LogP contribution in [0, 0.1) is 0 Å². The molecule has 4 nitrogen and oxygen atoms in total. The third kappa shape index (κ3) is 152. The Morgan fingerprint density at radius 2 is 1.14 bits per heavy atom. The van der Waals surface area contributed by atoms with Crippen LogP contribution in [0.15, 0.2) is 0 Å². The third-order valence-electron chi connectivity index (χ3n) is 0. The predicted octanol–water partition coefficient (Wildman–Crippen LogP) is -1.36. The van der Waals surface area contributed by atoms with Gasteiger partial charge >= 0.3 is 29.5 Å². The molecule has 0 rings (SSSR count). The molecule has 0 heterocycles. The average Bonchev–Trinajstić information content (AvgIpc) is 0.722. The molecule has 2 N–H and O–H groups in total. The topological polar surface area (TPSA) is 74.6 Å². The summed E-state index contributed by atoms with van der Waals surface area (Å²) in [7, 11) is 0. The molecule has 0 aromatic rings. The van der Waals surface area contributed by atoms with Crippen LogP contribution in [0.2, 0.25) is 0 Å². The molecule has 0 spiro atoms. The Morgan fingerprint density at radius 3 is 1.14 bits per heavy atom. The zero-order valence-electron chi connectivity index (χ0n) is 2.88. The SMILES string of the molecule is [Cr].[Fe].[O]=[Cr](=[O])([OH])[OH]. The minimum atomic E-state index is -5.25. The van der Waals surface area contributed by atoms with Gasteiger partial charge in [-0.25, -0.2) is 0 Å². The molecule has 7 heavy (non-hydrogen) atoms. The van der Waals surface area contributed by atoms with Crippen molar-refractivity contribution in [2.45, 2.75) is 0 Å². The first-order valence-electron chi connectivity index (χ1n) is 0.698. The van der Waals surface area contributed by atoms with Crippen LogP contribution in [0.4, 0.5) is 0 Å². The molecule has 0 bridgehead atoms. The van der Waals surface area contributed by atoms with Gasteiger partial charge in [-0.1, -0.05) is 0 Å². The maximum atomic E-state index is 8.82. The normalized spacial score (nSPS) is 8.29. The molecule has 46 valence electrons. The summed E-state index contributed by atoms with van der Waals surface area (Å²) in [4.78, 5) is 0. The third-order valence-corrected chi connectivity index (χ3v) is 0. The zero-order chi connectivity index (χ0) is 4.50. The van der Waals surface area contributed by atoms with Crippen LogP contribution in [0.1, 0.15) is 0 Å². The summed E-state index contributed by atoms with van der Waals surface area (Å²) in [5.41, 5.74) is 0. The fourth-order valence-corrected chi connectivity index (χ4v) is 0. The first-order valence-corrected chi connectivity index (χ1v) is 2.88. The Hall–Kier alpha value is 1.10. The van der Waals surface area contributed by atoms with E-state index in [1.165, 1.54) is 0 Å². The first-order chi connectivity index (χ1) is 2.00. The molecule has 0 amide bonds. The number of hydrogen-bond acceptors (Lipinski definition) is 2. The number of hydrogen-bond donors (Lipinski definition) is 2. The van der Waals surface area contributed by atoms with Crippen LogP contribution in [0.3, 0.4) is 0 Å². The van der Waals surface area contributed by atoms with Gasteiger partial charge in [0.1, 0.15) is 0 Å². The fraction of sp³-hybridized carbons (Fsp3) is 0. The van der Waals surface area contributed by atoms with Crippen LogP contribution >= 0.6 is 0 Å². The molecular formula is H2Cr2FeO4. The second-order valence-corrected chi connectivity index (χ2v) is 1.85. The molecule has 0 aromatic heterocycles. The molecule has 0 fully saturated rings. The molecule has 0 aliphatic rings. The second kappa shape index (κ2) is 5.25. The Bertz CT molecular complexity index is 92.9. The van der Waals surface area contributed by atoms with E-state index in [-0.39, 0.29) is 34.4 Å². The van der Waals surface area contributed by atoms with Crippen LogP contribution in [-0.2, 0) is 55.7 Å². The maximum absolute atomic E-state index is 8.82. The van der Waals surface area contributed by atoms with Crippen molar-refractivity contribution < 1.29 is 64.0 Å². The second-order valence-electron chi connectivity index (χ2n) is 0.448.